The molecule has 0 saturated carbocycles. The third-order valence-corrected chi connectivity index (χ3v) is 6.54. The van der Waals surface area contributed by atoms with Gasteiger partial charge in [-0.2, -0.15) is 0 Å². The number of hydrogen-bond donors (Lipinski definition) is 0. The van der Waals surface area contributed by atoms with Crippen molar-refractivity contribution in [1.82, 2.24) is 0 Å². The topological polar surface area (TPSA) is 61.8 Å². The highest BCUT2D eigenvalue weighted by Crippen LogP contribution is 2.53. The Bertz CT molecular complexity index is 1020. The number of benzene rings is 1. The molecule has 1 aliphatic heterocycles. The van der Waals surface area contributed by atoms with Gasteiger partial charge >= 0.3 is 0 Å². The minimum atomic E-state index is -0.441. The maximum absolute atomic E-state index is 13.4. The summed E-state index contributed by atoms with van der Waals surface area (Å²) in [5, 5.41) is 0. The van der Waals surface area contributed by atoms with Crippen molar-refractivity contribution in [2.45, 2.75) is 66.2 Å². The van der Waals surface area contributed by atoms with Gasteiger partial charge in [-0.05, 0) is 35.4 Å². The number of rotatable bonds is 6. The number of Topliss-reactive ketones (excluding diaryl/α,β-unsaturated/α-hetero) is 2. The highest BCUT2D eigenvalue weighted by molar-refractivity contribution is 6.06. The molecule has 3 aliphatic rings. The molecule has 0 saturated heterocycles. The van der Waals surface area contributed by atoms with Gasteiger partial charge in [0.15, 0.2) is 23.1 Å². The minimum absolute atomic E-state index is 0.0559. The van der Waals surface area contributed by atoms with E-state index in [9.17, 15) is 9.59 Å². The van der Waals surface area contributed by atoms with Crippen LogP contribution in [-0.2, 0) is 14.3 Å². The van der Waals surface area contributed by atoms with Gasteiger partial charge in [0.25, 0.3) is 0 Å². The maximum Gasteiger partial charge on any atom is 0.163 e. The molecule has 5 heteroatoms. The molecule has 0 atom stereocenters. The van der Waals surface area contributed by atoms with Crippen molar-refractivity contribution < 1.29 is 23.8 Å². The molecule has 1 aromatic carbocycles. The first-order valence-electron chi connectivity index (χ1n) is 11.8. The number of ether oxygens (including phenoxy) is 3. The molecule has 2 aliphatic carbocycles. The lowest BCUT2D eigenvalue weighted by atomic mass is 9.65. The van der Waals surface area contributed by atoms with E-state index in [1.807, 2.05) is 25.1 Å². The fourth-order valence-electron chi connectivity index (χ4n) is 5.25. The first-order chi connectivity index (χ1) is 15.5. The average Bonchev–Trinajstić information content (AvgIpc) is 2.69. The van der Waals surface area contributed by atoms with E-state index < -0.39 is 5.92 Å². The van der Waals surface area contributed by atoms with Crippen LogP contribution in [0.2, 0.25) is 0 Å². The number of ketones is 2. The molecule has 0 unspecified atom stereocenters. The van der Waals surface area contributed by atoms with Crippen LogP contribution in [0.15, 0.2) is 53.5 Å². The predicted octanol–water partition coefficient (Wildman–Crippen LogP) is 6.05. The zero-order valence-electron chi connectivity index (χ0n) is 20.4. The second-order valence-electron chi connectivity index (χ2n) is 10.8. The molecule has 4 rings (SSSR count). The van der Waals surface area contributed by atoms with Crippen molar-refractivity contribution in [1.29, 1.82) is 0 Å². The van der Waals surface area contributed by atoms with Gasteiger partial charge in [0.1, 0.15) is 18.1 Å². The van der Waals surface area contributed by atoms with Gasteiger partial charge in [-0.1, -0.05) is 46.4 Å². The van der Waals surface area contributed by atoms with Crippen molar-refractivity contribution in [2.24, 2.45) is 10.8 Å². The Labute approximate surface area is 196 Å². The lowest BCUT2D eigenvalue weighted by molar-refractivity contribution is -0.120. The van der Waals surface area contributed by atoms with Crippen molar-refractivity contribution in [3.8, 4) is 11.5 Å². The molecule has 0 amide bonds. The monoisotopic (exact) mass is 450 g/mol. The smallest absolute Gasteiger partial charge is 0.163 e. The third kappa shape index (κ3) is 4.50. The maximum atomic E-state index is 13.4. The van der Waals surface area contributed by atoms with Crippen LogP contribution in [0.1, 0.15) is 71.8 Å². The highest BCUT2D eigenvalue weighted by Gasteiger charge is 2.47. The molecule has 1 aromatic rings. The fraction of sp³-hybridized carbons (Fsp3) is 0.500. The third-order valence-electron chi connectivity index (χ3n) is 6.54. The Balaban J connectivity index is 1.88. The second-order valence-corrected chi connectivity index (χ2v) is 10.8. The van der Waals surface area contributed by atoms with E-state index in [0.717, 1.165) is 17.1 Å². The molecule has 0 fully saturated rings. The first kappa shape index (κ1) is 23.3. The van der Waals surface area contributed by atoms with E-state index >= 15 is 0 Å². The van der Waals surface area contributed by atoms with Crippen LogP contribution in [0.3, 0.4) is 0 Å². The highest BCUT2D eigenvalue weighted by atomic mass is 16.5. The van der Waals surface area contributed by atoms with Gasteiger partial charge in [-0.25, -0.2) is 0 Å². The average molecular weight is 451 g/mol. The van der Waals surface area contributed by atoms with Gasteiger partial charge in [0.05, 0.1) is 6.61 Å². The molecule has 1 heterocycles. The quantitative estimate of drug-likeness (QED) is 0.494. The Kier molecular flexibility index (Phi) is 6.02. The molecule has 5 nitrogen and oxygen atoms in total. The van der Waals surface area contributed by atoms with Gasteiger partial charge in [-0.3, -0.25) is 9.59 Å². The molecule has 0 spiro atoms. The number of allylic oxidation sites excluding steroid dienone is 4. The molecule has 33 heavy (non-hydrogen) atoms. The molecule has 0 radical (unpaired) electrons. The Hall–Kier alpha value is -2.82. The van der Waals surface area contributed by atoms with E-state index in [4.69, 9.17) is 14.2 Å². The summed E-state index contributed by atoms with van der Waals surface area (Å²) in [6.45, 7) is 14.8. The summed E-state index contributed by atoms with van der Waals surface area (Å²) in [6.07, 6.45) is 3.91. The van der Waals surface area contributed by atoms with E-state index in [2.05, 4.69) is 34.3 Å². The molecule has 0 aromatic heterocycles. The lowest BCUT2D eigenvalue weighted by Gasteiger charge is -2.42. The summed E-state index contributed by atoms with van der Waals surface area (Å²) < 4.78 is 18.0. The van der Waals surface area contributed by atoms with E-state index in [1.165, 1.54) is 0 Å². The zero-order chi connectivity index (χ0) is 24.0. The molecule has 0 N–H and O–H groups in total. The van der Waals surface area contributed by atoms with Crippen LogP contribution in [0.5, 0.6) is 11.5 Å². The normalized spacial score (nSPS) is 21.8. The van der Waals surface area contributed by atoms with Crippen LogP contribution in [0.4, 0.5) is 0 Å². The molecular formula is C28H34O5. The largest absolute Gasteiger partial charge is 0.490 e. The van der Waals surface area contributed by atoms with E-state index in [1.54, 1.807) is 6.08 Å². The van der Waals surface area contributed by atoms with Gasteiger partial charge in [0, 0.05) is 42.7 Å². The van der Waals surface area contributed by atoms with Gasteiger partial charge in [0.2, 0.25) is 0 Å². The van der Waals surface area contributed by atoms with Crippen molar-refractivity contribution in [3.05, 3.63) is 59.1 Å². The predicted molar refractivity (Wildman–Crippen MR) is 127 cm³/mol. The summed E-state index contributed by atoms with van der Waals surface area (Å²) in [5.41, 5.74) is 1.76. The van der Waals surface area contributed by atoms with Crippen LogP contribution >= 0.6 is 0 Å². The van der Waals surface area contributed by atoms with Crippen molar-refractivity contribution in [3.63, 3.8) is 0 Å². The number of carbonyl (C=O) groups excluding carboxylic acids is 2. The number of carbonyl (C=O) groups is 2. The van der Waals surface area contributed by atoms with Crippen LogP contribution < -0.4 is 9.47 Å². The summed E-state index contributed by atoms with van der Waals surface area (Å²) in [4.78, 5) is 26.8. The van der Waals surface area contributed by atoms with Crippen LogP contribution in [-0.4, -0.2) is 24.8 Å². The summed E-state index contributed by atoms with van der Waals surface area (Å²) in [7, 11) is 0. The van der Waals surface area contributed by atoms with Crippen LogP contribution in [0.25, 0.3) is 0 Å². The summed E-state index contributed by atoms with van der Waals surface area (Å²) >= 11 is 0. The standard InChI is InChI=1S/C28H34O5/c1-7-11-32-20-10-9-17(12-21(20)31-8-2)24-25-18(29)13-27(3,4)15-22(25)33-23-16-28(5,6)14-19(30)26(23)24/h7,9-10,12,24H,1,8,11,13-16H2,2-6H3. The Morgan fingerprint density at radius 3 is 2.03 bits per heavy atom. The number of hydrogen-bond acceptors (Lipinski definition) is 5. The van der Waals surface area contributed by atoms with Crippen molar-refractivity contribution in [2.75, 3.05) is 13.2 Å². The fourth-order valence-corrected chi connectivity index (χ4v) is 5.25. The Morgan fingerprint density at radius 2 is 1.52 bits per heavy atom. The minimum Gasteiger partial charge on any atom is -0.490 e. The Morgan fingerprint density at radius 1 is 0.939 bits per heavy atom. The summed E-state index contributed by atoms with van der Waals surface area (Å²) in [5.74, 6) is 2.32. The molecule has 176 valence electrons. The SMILES string of the molecule is C=CCOc1ccc(C2C3=C(CC(C)(C)CC3=O)OC3=C2C(=O)CC(C)(C)C3)cc1OCC. The second kappa shape index (κ2) is 8.51. The van der Waals surface area contributed by atoms with Gasteiger partial charge in [-0.15, -0.1) is 0 Å². The molecule has 0 bridgehead atoms. The van der Waals surface area contributed by atoms with E-state index in [-0.39, 0.29) is 22.4 Å². The van der Waals surface area contributed by atoms with Gasteiger partial charge < -0.3 is 14.2 Å². The summed E-state index contributed by atoms with van der Waals surface area (Å²) in [6, 6.07) is 5.70. The first-order valence-corrected chi connectivity index (χ1v) is 11.8. The van der Waals surface area contributed by atoms with Crippen LogP contribution in [0, 0.1) is 10.8 Å². The van der Waals surface area contributed by atoms with Crippen molar-refractivity contribution >= 4 is 11.6 Å². The molecular weight excluding hydrogens is 416 g/mol. The lowest BCUT2D eigenvalue weighted by Crippen LogP contribution is -2.37. The van der Waals surface area contributed by atoms with E-state index in [0.29, 0.717) is 61.5 Å². The zero-order valence-corrected chi connectivity index (χ0v) is 20.4.